The Morgan fingerprint density at radius 3 is 0.882 bits per heavy atom. The van der Waals surface area contributed by atoms with E-state index in [1.165, 1.54) is 31.2 Å². The molecule has 0 heterocycles. The lowest BCUT2D eigenvalue weighted by atomic mass is 9.73. The van der Waals surface area contributed by atoms with Crippen LogP contribution in [0.3, 0.4) is 0 Å². The zero-order valence-corrected chi connectivity index (χ0v) is 34.7. The molecule has 0 aromatic heterocycles. The van der Waals surface area contributed by atoms with Gasteiger partial charge in [-0.15, -0.1) is 0 Å². The molecule has 0 fully saturated rings. The molecule has 0 aliphatic carbocycles. The maximum Gasteiger partial charge on any atom is 0.411 e. The van der Waals surface area contributed by atoms with Gasteiger partial charge in [0.2, 0.25) is 10.8 Å². The molecule has 68 heavy (non-hydrogen) atoms. The normalized spacial score (nSPS) is 12.5. The van der Waals surface area contributed by atoms with Gasteiger partial charge in [0.25, 0.3) is 0 Å². The van der Waals surface area contributed by atoms with Crippen LogP contribution in [0.4, 0.5) is 52.7 Å². The molecule has 8 nitrogen and oxygen atoms in total. The van der Waals surface area contributed by atoms with Gasteiger partial charge in [-0.2, -0.15) is 52.7 Å². The summed E-state index contributed by atoms with van der Waals surface area (Å²) in [5.74, 6) is -5.34. The zero-order valence-electron chi connectivity index (χ0n) is 34.7. The summed E-state index contributed by atoms with van der Waals surface area (Å²) >= 11 is 0. The first-order valence-corrected chi connectivity index (χ1v) is 19.3. The molecule has 0 saturated heterocycles. The summed E-state index contributed by atoms with van der Waals surface area (Å²) in [4.78, 5) is 50.2. The molecule has 20 heteroatoms. The fourth-order valence-electron chi connectivity index (χ4n) is 7.24. The molecule has 0 radical (unpaired) electrons. The summed E-state index contributed by atoms with van der Waals surface area (Å²) in [6.07, 6.45) is -23.9. The Hall–Kier alpha value is -7.64. The van der Waals surface area contributed by atoms with Crippen molar-refractivity contribution in [2.75, 3.05) is 7.11 Å². The molecular weight excluding hydrogens is 932 g/mol. The van der Waals surface area contributed by atoms with E-state index in [0.717, 1.165) is 55.6 Å². The number of ketones is 1. The molecule has 6 rings (SSSR count). The number of hydrogen-bond donors (Lipinski definition) is 0. The molecule has 0 N–H and O–H groups in total. The Morgan fingerprint density at radius 1 is 0.353 bits per heavy atom. The molecule has 0 atom stereocenters. The number of alkyl halides is 12. The fraction of sp³-hybridized carbons (Fsp3) is 0.167. The topological polar surface area (TPSA) is 105 Å². The first-order chi connectivity index (χ1) is 31.7. The Kier molecular flexibility index (Phi) is 13.6. The minimum absolute atomic E-state index is 0.0114. The minimum atomic E-state index is -6.04. The maximum absolute atomic E-state index is 14.8. The van der Waals surface area contributed by atoms with E-state index in [-0.39, 0.29) is 22.7 Å². The van der Waals surface area contributed by atoms with Crippen LogP contribution in [0.2, 0.25) is 0 Å². The molecule has 0 amide bonds. The minimum Gasteiger partial charge on any atom is -0.497 e. The average Bonchev–Trinajstić information content (AvgIpc) is 3.27. The van der Waals surface area contributed by atoms with Crippen molar-refractivity contribution in [3.05, 3.63) is 190 Å². The summed E-state index contributed by atoms with van der Waals surface area (Å²) in [5, 5.41) is 0. The molecule has 0 unspecified atom stereocenters. The molecule has 0 aliphatic rings. The van der Waals surface area contributed by atoms with Crippen molar-refractivity contribution in [2.45, 2.75) is 42.5 Å². The molecule has 354 valence electrons. The summed E-state index contributed by atoms with van der Waals surface area (Å²) in [6, 6.07) is 19.2. The standard InChI is InChI=1S/C48H30F12O8/c1-27(61)28-6-8-29(9-7-28)40(62)66-37-20-12-34(13-21-37)44(47(55,56)57,48(58,59)60)35-16-24-39(25-17-35)68-42(64)31-5-3-4-30(26-31)41(63)67-38-22-14-33(15-23-38)43(45(49,50)51,46(52,53)54)32-10-18-36(65-2)19-11-32/h3-26H,1-2H3. The first kappa shape index (κ1) is 49.8. The number of hydrogen-bond acceptors (Lipinski definition) is 8. The Balaban J connectivity index is 1.19. The van der Waals surface area contributed by atoms with Crippen LogP contribution in [0.1, 0.15) is 70.6 Å². The second-order valence-electron chi connectivity index (χ2n) is 14.7. The van der Waals surface area contributed by atoms with Crippen LogP contribution in [-0.2, 0) is 10.8 Å². The third-order valence-electron chi connectivity index (χ3n) is 10.6. The van der Waals surface area contributed by atoms with Gasteiger partial charge in [0.15, 0.2) is 5.78 Å². The van der Waals surface area contributed by atoms with Crippen LogP contribution in [0, 0.1) is 0 Å². The highest BCUT2D eigenvalue weighted by molar-refractivity contribution is 5.97. The Labute approximate surface area is 376 Å². The largest absolute Gasteiger partial charge is 0.497 e. The third-order valence-corrected chi connectivity index (χ3v) is 10.6. The van der Waals surface area contributed by atoms with E-state index in [4.69, 9.17) is 18.9 Å². The van der Waals surface area contributed by atoms with Gasteiger partial charge in [-0.3, -0.25) is 4.79 Å². The van der Waals surface area contributed by atoms with Crippen LogP contribution in [0.15, 0.2) is 146 Å². The fourth-order valence-corrected chi connectivity index (χ4v) is 7.24. The van der Waals surface area contributed by atoms with Crippen molar-refractivity contribution >= 4 is 23.7 Å². The van der Waals surface area contributed by atoms with E-state index in [1.807, 2.05) is 0 Å². The van der Waals surface area contributed by atoms with Gasteiger partial charge >= 0.3 is 42.6 Å². The van der Waals surface area contributed by atoms with Crippen molar-refractivity contribution in [1.29, 1.82) is 0 Å². The highest BCUT2D eigenvalue weighted by atomic mass is 19.4. The summed E-state index contributed by atoms with van der Waals surface area (Å²) < 4.78 is 196. The number of benzene rings is 6. The number of carbonyl (C=O) groups is 4. The van der Waals surface area contributed by atoms with E-state index in [9.17, 15) is 71.9 Å². The smallest absolute Gasteiger partial charge is 0.411 e. The highest BCUT2D eigenvalue weighted by Crippen LogP contribution is 2.58. The van der Waals surface area contributed by atoms with Crippen LogP contribution in [-0.4, -0.2) is 55.5 Å². The SMILES string of the molecule is COc1ccc(C(c2ccc(OC(=O)c3cccc(C(=O)Oc4ccc(C(c5ccc(OC(=O)c6ccc(C(C)=O)cc6)cc5)(C(F)(F)F)C(F)(F)F)cc4)c3)cc2)(C(F)(F)F)C(F)(F)F)cc1. The van der Waals surface area contributed by atoms with Crippen molar-refractivity contribution in [2.24, 2.45) is 0 Å². The highest BCUT2D eigenvalue weighted by Gasteiger charge is 2.73. The van der Waals surface area contributed by atoms with Crippen molar-refractivity contribution in [3.8, 4) is 23.0 Å². The molecule has 0 aliphatic heterocycles. The van der Waals surface area contributed by atoms with Gasteiger partial charge < -0.3 is 18.9 Å². The molecule has 0 bridgehead atoms. The van der Waals surface area contributed by atoms with Crippen molar-refractivity contribution < 1.29 is 90.8 Å². The molecule has 0 spiro atoms. The third kappa shape index (κ3) is 9.47. The lowest BCUT2D eigenvalue weighted by molar-refractivity contribution is -0.290. The Morgan fingerprint density at radius 2 is 0.618 bits per heavy atom. The zero-order chi connectivity index (χ0) is 50.0. The predicted octanol–water partition coefficient (Wildman–Crippen LogP) is 12.4. The van der Waals surface area contributed by atoms with Gasteiger partial charge in [-0.25, -0.2) is 14.4 Å². The van der Waals surface area contributed by atoms with Gasteiger partial charge in [-0.05, 0) is 108 Å². The molecule has 6 aromatic rings. The molecular formula is C48H30F12O8. The van der Waals surface area contributed by atoms with E-state index >= 15 is 0 Å². The van der Waals surface area contributed by atoms with Gasteiger partial charge in [0, 0.05) is 5.56 Å². The number of methoxy groups -OCH3 is 1. The number of ether oxygens (including phenoxy) is 4. The predicted molar refractivity (Wildman–Crippen MR) is 216 cm³/mol. The van der Waals surface area contributed by atoms with E-state index in [1.54, 1.807) is 0 Å². The molecule has 6 aromatic carbocycles. The number of rotatable bonds is 12. The quantitative estimate of drug-likeness (QED) is 0.0517. The van der Waals surface area contributed by atoms with Crippen molar-refractivity contribution in [3.63, 3.8) is 0 Å². The molecule has 0 saturated carbocycles. The number of Topliss-reactive ketones (excluding diaryl/α,β-unsaturated/α-hetero) is 1. The lowest BCUT2D eigenvalue weighted by Crippen LogP contribution is -2.54. The van der Waals surface area contributed by atoms with Gasteiger partial charge in [0.1, 0.15) is 23.0 Å². The maximum atomic E-state index is 14.8. The van der Waals surface area contributed by atoms with Crippen molar-refractivity contribution in [1.82, 2.24) is 0 Å². The number of esters is 3. The number of halogens is 12. The second-order valence-corrected chi connectivity index (χ2v) is 14.7. The number of carbonyl (C=O) groups excluding carboxylic acids is 4. The first-order valence-electron chi connectivity index (χ1n) is 19.3. The van der Waals surface area contributed by atoms with Gasteiger partial charge in [0.05, 0.1) is 23.8 Å². The Bertz CT molecular complexity index is 2770. The average molecular weight is 963 g/mol. The van der Waals surface area contributed by atoms with Crippen LogP contribution in [0.25, 0.3) is 0 Å². The van der Waals surface area contributed by atoms with Crippen LogP contribution in [0.5, 0.6) is 23.0 Å². The summed E-state index contributed by atoms with van der Waals surface area (Å²) in [7, 11) is 1.16. The van der Waals surface area contributed by atoms with Crippen LogP contribution >= 0.6 is 0 Å². The van der Waals surface area contributed by atoms with E-state index in [0.29, 0.717) is 72.8 Å². The second kappa shape index (κ2) is 18.6. The summed E-state index contributed by atoms with van der Waals surface area (Å²) in [6.45, 7) is 1.28. The monoisotopic (exact) mass is 962 g/mol. The van der Waals surface area contributed by atoms with Crippen LogP contribution < -0.4 is 18.9 Å². The van der Waals surface area contributed by atoms with E-state index < -0.39 is 104 Å². The summed E-state index contributed by atoms with van der Waals surface area (Å²) in [5.41, 5.74) is -14.9. The van der Waals surface area contributed by atoms with Gasteiger partial charge in [-0.1, -0.05) is 66.7 Å². The lowest BCUT2D eigenvalue weighted by Gasteiger charge is -2.38. The van der Waals surface area contributed by atoms with E-state index in [2.05, 4.69) is 0 Å².